The molecular weight excluding hydrogens is 992 g/mol. The molecule has 2 aromatic heterocycles. The number of para-hydroxylation sites is 4. The van der Waals surface area contributed by atoms with Crippen LogP contribution in [0.25, 0.3) is 61.0 Å². The van der Waals surface area contributed by atoms with Crippen molar-refractivity contribution in [2.45, 2.75) is 27.1 Å². The van der Waals surface area contributed by atoms with Crippen molar-refractivity contribution >= 4 is 44.6 Å². The predicted molar refractivity (Wildman–Crippen MR) is 264 cm³/mol. The van der Waals surface area contributed by atoms with Gasteiger partial charge >= 0.3 is 0 Å². The van der Waals surface area contributed by atoms with Gasteiger partial charge in [-0.15, -0.1) is 47.6 Å². The Morgan fingerprint density at radius 1 is 0.682 bits per heavy atom. The first-order valence-electron chi connectivity index (χ1n) is 25.9. The van der Waals surface area contributed by atoms with E-state index in [4.69, 9.17) is 22.7 Å². The maximum Gasteiger partial charge on any atom is 0.135 e. The number of pyridine rings is 1. The fourth-order valence-electron chi connectivity index (χ4n) is 8.87. The number of nitrogens with zero attached hydrogens (tertiary/aromatic N) is 4. The molecule has 0 atom stereocenters. The van der Waals surface area contributed by atoms with Gasteiger partial charge in [0.1, 0.15) is 17.3 Å². The van der Waals surface area contributed by atoms with E-state index < -0.39 is 31.2 Å². The average molecular weight is 1040 g/mol. The molecule has 0 saturated carbocycles. The second kappa shape index (κ2) is 16.9. The van der Waals surface area contributed by atoms with Crippen molar-refractivity contribution in [3.63, 3.8) is 0 Å². The van der Waals surface area contributed by atoms with E-state index >= 15 is 0 Å². The monoisotopic (exact) mass is 1040 g/mol. The first-order valence-corrected chi connectivity index (χ1v) is 21.4. The van der Waals surface area contributed by atoms with Crippen molar-refractivity contribution in [1.29, 1.82) is 0 Å². The molecular formula is C59H43N4O2Pt-3. The quantitative estimate of drug-likeness (QED) is 0.165. The van der Waals surface area contributed by atoms with Gasteiger partial charge in [-0.05, 0) is 88.4 Å². The summed E-state index contributed by atoms with van der Waals surface area (Å²) in [5.74, 6) is 0.771. The molecule has 4 aliphatic heterocycles. The summed E-state index contributed by atoms with van der Waals surface area (Å²) in [6.45, 7) is 2.91. The average Bonchev–Trinajstić information content (AvgIpc) is 3.98. The molecule has 0 saturated heterocycles. The number of aryl methyl sites for hydroxylation is 1. The number of hydrogen-bond donors (Lipinski definition) is 0. The molecule has 324 valence electrons. The Balaban J connectivity index is 0.00000602. The van der Waals surface area contributed by atoms with E-state index in [1.165, 1.54) is 6.07 Å². The first kappa shape index (κ1) is 32.3. The summed E-state index contributed by atoms with van der Waals surface area (Å²) in [6.07, 6.45) is -0.344. The van der Waals surface area contributed by atoms with Crippen LogP contribution >= 0.6 is 0 Å². The van der Waals surface area contributed by atoms with Crippen molar-refractivity contribution in [1.82, 2.24) is 9.55 Å². The zero-order valence-electron chi connectivity index (χ0n) is 44.6. The van der Waals surface area contributed by atoms with Gasteiger partial charge < -0.3 is 23.8 Å². The summed E-state index contributed by atoms with van der Waals surface area (Å²) in [6, 6.07) is 52.7. The smallest absolute Gasteiger partial charge is 0.135 e. The molecule has 66 heavy (non-hydrogen) atoms. The van der Waals surface area contributed by atoms with Gasteiger partial charge in [0, 0.05) is 84.9 Å². The molecule has 0 aliphatic carbocycles. The number of rotatable bonds is 3. The van der Waals surface area contributed by atoms with Crippen LogP contribution in [0.3, 0.4) is 0 Å². The minimum Gasteiger partial charge on any atom is -0.509 e. The number of fused-ring (bicyclic) bond motifs is 5. The fraction of sp³-hybridized carbons (Fsp3) is 0.0847. The fourth-order valence-corrected chi connectivity index (χ4v) is 8.87. The molecule has 10 aromatic rings. The van der Waals surface area contributed by atoms with Crippen molar-refractivity contribution < 1.29 is 42.9 Å². The number of hydrogen-bond acceptors (Lipinski definition) is 5. The number of benzene rings is 8. The Morgan fingerprint density at radius 2 is 1.42 bits per heavy atom. The van der Waals surface area contributed by atoms with E-state index in [2.05, 4.69) is 41.3 Å². The van der Waals surface area contributed by atoms with E-state index in [1.54, 1.807) is 48.9 Å². The number of anilines is 4. The normalized spacial score (nSPS) is 15.0. The number of aromatic nitrogens is 2. The Labute approximate surface area is 412 Å². The van der Waals surface area contributed by atoms with Crippen LogP contribution in [0, 0.1) is 31.6 Å². The second-order valence-electron chi connectivity index (χ2n) is 16.3. The van der Waals surface area contributed by atoms with Gasteiger partial charge in [0.25, 0.3) is 0 Å². The summed E-state index contributed by atoms with van der Waals surface area (Å²) in [5, 5.41) is 0.591. The van der Waals surface area contributed by atoms with Gasteiger partial charge in [0.15, 0.2) is 0 Å². The molecule has 0 amide bonds. The van der Waals surface area contributed by atoms with Crippen LogP contribution in [0.4, 0.5) is 22.7 Å². The zero-order valence-corrected chi connectivity index (χ0v) is 37.9. The van der Waals surface area contributed by atoms with Crippen LogP contribution in [0.1, 0.15) is 37.3 Å². The zero-order chi connectivity index (χ0) is 51.4. The maximum absolute atomic E-state index is 9.49. The Morgan fingerprint density at radius 3 is 2.24 bits per heavy atom. The van der Waals surface area contributed by atoms with Gasteiger partial charge in [-0.25, -0.2) is 4.98 Å². The van der Waals surface area contributed by atoms with Gasteiger partial charge in [0.05, 0.1) is 5.48 Å². The maximum atomic E-state index is 9.49. The molecule has 0 N–H and O–H groups in total. The van der Waals surface area contributed by atoms with E-state index in [1.807, 2.05) is 109 Å². The molecule has 0 fully saturated rings. The van der Waals surface area contributed by atoms with E-state index in [9.17, 15) is 4.11 Å². The summed E-state index contributed by atoms with van der Waals surface area (Å²) >= 11 is 0. The van der Waals surface area contributed by atoms with E-state index in [-0.39, 0.29) is 72.5 Å². The van der Waals surface area contributed by atoms with Gasteiger partial charge in [-0.1, -0.05) is 129 Å². The van der Waals surface area contributed by atoms with Crippen LogP contribution in [0.5, 0.6) is 23.0 Å². The molecule has 14 rings (SSSR count). The molecule has 6 nitrogen and oxygen atoms in total. The summed E-state index contributed by atoms with van der Waals surface area (Å²) in [5.41, 5.74) is 8.48. The van der Waals surface area contributed by atoms with E-state index in [0.29, 0.717) is 39.3 Å². The summed E-state index contributed by atoms with van der Waals surface area (Å²) in [4.78, 5) is 8.98. The van der Waals surface area contributed by atoms with Crippen molar-refractivity contribution in [2.75, 3.05) is 9.80 Å². The van der Waals surface area contributed by atoms with Crippen LogP contribution in [0.15, 0.2) is 182 Å². The van der Waals surface area contributed by atoms with Crippen molar-refractivity contribution in [2.24, 2.45) is 5.92 Å². The minimum absolute atomic E-state index is 0. The molecule has 8 aromatic carbocycles. The van der Waals surface area contributed by atoms with Crippen LogP contribution in [0.2, 0.25) is 0 Å². The Hall–Kier alpha value is -7.40. The molecule has 7 heteroatoms. The second-order valence-corrected chi connectivity index (χ2v) is 16.3. The molecule has 0 unspecified atom stereocenters. The predicted octanol–water partition coefficient (Wildman–Crippen LogP) is 15.6. The Kier molecular flexibility index (Phi) is 8.25. The van der Waals surface area contributed by atoms with Crippen molar-refractivity contribution in [3.05, 3.63) is 212 Å². The van der Waals surface area contributed by atoms with Gasteiger partial charge in [-0.2, -0.15) is 12.1 Å². The SMILES string of the molecule is [2H]c1c([2H])c([2H])c2c(c1[2H])c1ccc3[c-]c1n2-c1cc(C([2H])([2H])C(C)C)c(cn1)-c1ccc(cc1)Oc1cccc(c1)-c1cccc(-c2ccccc2)c1N1[CH-]N(c2[c-]c(c(C([2H])([2H])[2H])cc2)O3)c2ccccc21.[Pt]. The third kappa shape index (κ3) is 7.23. The molecule has 0 spiro atoms. The standard InChI is InChI=1S/C59H43N4O2.Pt/c1-38(2)31-43-33-58-60-36-52(43)41-24-27-45(28-25-41)64-46-16-11-15-42(32-46)49-19-12-18-48(40-13-5-4-6-14-40)59(49)62-37-61(54-21-9-10-22-55(54)62)44-26-23-39(3)57(34-44)65-47-29-30-51-50-17-7-8-20-53(50)63(58)56(51)35-47;/h4-30,32-33,36-38H,31H2,1-3H3;/q-3;/i3D3,7D,8D,17D,20D,31D2;. The van der Waals surface area contributed by atoms with Crippen LogP contribution < -0.4 is 19.3 Å². The first-order chi connectivity index (χ1) is 35.6. The molecule has 12 bridgehead atoms. The molecule has 0 radical (unpaired) electrons. The topological polar surface area (TPSA) is 42.8 Å². The van der Waals surface area contributed by atoms with Gasteiger partial charge in [0.2, 0.25) is 0 Å². The minimum atomic E-state index is -2.64. The molecule has 4 aliphatic rings. The Bertz CT molecular complexity index is 3900. The van der Waals surface area contributed by atoms with E-state index in [0.717, 1.165) is 39.3 Å². The largest absolute Gasteiger partial charge is 0.509 e. The third-order valence-corrected chi connectivity index (χ3v) is 11.8. The molecule has 6 heterocycles. The number of ether oxygens (including phenoxy) is 2. The van der Waals surface area contributed by atoms with Crippen molar-refractivity contribution in [3.8, 4) is 62.2 Å². The van der Waals surface area contributed by atoms with Crippen LogP contribution in [-0.2, 0) is 27.4 Å². The van der Waals surface area contributed by atoms with Gasteiger partial charge in [-0.3, -0.25) is 0 Å². The van der Waals surface area contributed by atoms with Crippen LogP contribution in [-0.4, -0.2) is 9.55 Å². The third-order valence-electron chi connectivity index (χ3n) is 11.8. The summed E-state index contributed by atoms with van der Waals surface area (Å²) < 4.78 is 95.4. The summed E-state index contributed by atoms with van der Waals surface area (Å²) in [7, 11) is 0.